The topological polar surface area (TPSA) is 9.23 Å². The summed E-state index contributed by atoms with van der Waals surface area (Å²) in [6.45, 7) is 4.79. The van der Waals surface area contributed by atoms with Crippen LogP contribution >= 0.6 is 12.0 Å². The van der Waals surface area contributed by atoms with Crippen molar-refractivity contribution in [2.45, 2.75) is 13.8 Å². The predicted octanol–water partition coefficient (Wildman–Crippen LogP) is 2.25. The highest BCUT2D eigenvalue weighted by Gasteiger charge is 1.77. The van der Waals surface area contributed by atoms with Crippen LogP contribution in [-0.4, -0.2) is 12.4 Å². The minimum atomic E-state index is 0.731. The van der Waals surface area contributed by atoms with Gasteiger partial charge in [0.2, 0.25) is 0 Å². The zero-order valence-corrected chi connectivity index (χ0v) is 6.20. The van der Waals surface area contributed by atoms with Gasteiger partial charge in [0, 0.05) is 5.75 Å². The summed E-state index contributed by atoms with van der Waals surface area (Å²) in [4.78, 5) is 0. The Kier molecular flexibility index (Phi) is 7.09. The summed E-state index contributed by atoms with van der Waals surface area (Å²) in [6, 6.07) is 0. The monoisotopic (exact) mass is 132 g/mol. The fourth-order valence-corrected chi connectivity index (χ4v) is 0.608. The quantitative estimate of drug-likeness (QED) is 0.329. The van der Waals surface area contributed by atoms with E-state index in [0.717, 1.165) is 12.4 Å². The first-order chi connectivity index (χ1) is 3.91. The van der Waals surface area contributed by atoms with E-state index in [2.05, 4.69) is 6.92 Å². The zero-order valence-electron chi connectivity index (χ0n) is 5.39. The number of hydrogen-bond donors (Lipinski definition) is 0. The standard InChI is InChI=1S/C6H12OS/c1-3-5-6-7-8-4-2/h3,5H,4,6H2,1-2H3. The van der Waals surface area contributed by atoms with Crippen LogP contribution in [0.3, 0.4) is 0 Å². The lowest BCUT2D eigenvalue weighted by Crippen LogP contribution is -1.79. The van der Waals surface area contributed by atoms with Crippen molar-refractivity contribution in [3.05, 3.63) is 12.2 Å². The number of rotatable bonds is 4. The van der Waals surface area contributed by atoms with E-state index in [1.807, 2.05) is 19.1 Å². The first-order valence-electron chi connectivity index (χ1n) is 2.77. The van der Waals surface area contributed by atoms with E-state index in [4.69, 9.17) is 4.18 Å². The van der Waals surface area contributed by atoms with E-state index in [1.165, 1.54) is 12.0 Å². The molecule has 0 radical (unpaired) electrons. The maximum Gasteiger partial charge on any atom is 0.0795 e. The Hall–Kier alpha value is 0.0500. The second-order valence-corrected chi connectivity index (χ2v) is 2.31. The largest absolute Gasteiger partial charge is 0.311 e. The van der Waals surface area contributed by atoms with Crippen LogP contribution in [0.25, 0.3) is 0 Å². The third-order valence-electron chi connectivity index (χ3n) is 0.601. The van der Waals surface area contributed by atoms with Gasteiger partial charge >= 0.3 is 0 Å². The Balaban J connectivity index is 2.72. The van der Waals surface area contributed by atoms with Gasteiger partial charge in [-0.25, -0.2) is 0 Å². The lowest BCUT2D eigenvalue weighted by atomic mass is 10.6. The molecule has 0 bridgehead atoms. The van der Waals surface area contributed by atoms with Crippen LogP contribution in [0.15, 0.2) is 12.2 Å². The summed E-state index contributed by atoms with van der Waals surface area (Å²) in [6.07, 6.45) is 3.97. The van der Waals surface area contributed by atoms with Crippen molar-refractivity contribution in [3.8, 4) is 0 Å². The van der Waals surface area contributed by atoms with Crippen LogP contribution in [0.1, 0.15) is 13.8 Å². The van der Waals surface area contributed by atoms with Gasteiger partial charge in [0.1, 0.15) is 0 Å². The Morgan fingerprint density at radius 3 is 2.88 bits per heavy atom. The summed E-state index contributed by atoms with van der Waals surface area (Å²) < 4.78 is 5.05. The molecule has 0 aliphatic carbocycles. The van der Waals surface area contributed by atoms with Crippen molar-refractivity contribution in [3.63, 3.8) is 0 Å². The van der Waals surface area contributed by atoms with Crippen molar-refractivity contribution < 1.29 is 4.18 Å². The highest BCUT2D eigenvalue weighted by Crippen LogP contribution is 1.99. The molecule has 0 saturated heterocycles. The minimum absolute atomic E-state index is 0.731. The first kappa shape index (κ1) is 8.05. The molecule has 0 aliphatic rings. The van der Waals surface area contributed by atoms with E-state index in [1.54, 1.807) is 0 Å². The summed E-state index contributed by atoms with van der Waals surface area (Å²) >= 11 is 1.50. The van der Waals surface area contributed by atoms with E-state index in [-0.39, 0.29) is 0 Å². The molecule has 0 rings (SSSR count). The third-order valence-corrected chi connectivity index (χ3v) is 1.14. The zero-order chi connectivity index (χ0) is 6.24. The molecule has 48 valence electrons. The van der Waals surface area contributed by atoms with Gasteiger partial charge < -0.3 is 4.18 Å². The van der Waals surface area contributed by atoms with Gasteiger partial charge in [0.25, 0.3) is 0 Å². The van der Waals surface area contributed by atoms with Crippen LogP contribution in [-0.2, 0) is 4.18 Å². The van der Waals surface area contributed by atoms with Gasteiger partial charge in [-0.05, 0) is 19.0 Å². The van der Waals surface area contributed by atoms with Gasteiger partial charge in [0.15, 0.2) is 0 Å². The lowest BCUT2D eigenvalue weighted by molar-refractivity contribution is 0.429. The lowest BCUT2D eigenvalue weighted by Gasteiger charge is -1.91. The molecule has 0 fully saturated rings. The Bertz CT molecular complexity index is 61.5. The summed E-state index contributed by atoms with van der Waals surface area (Å²) in [7, 11) is 0. The molecule has 0 heterocycles. The van der Waals surface area contributed by atoms with Crippen LogP contribution in [0.5, 0.6) is 0 Å². The van der Waals surface area contributed by atoms with E-state index < -0.39 is 0 Å². The van der Waals surface area contributed by atoms with Gasteiger partial charge in [-0.2, -0.15) is 0 Å². The molecule has 0 unspecified atom stereocenters. The molecule has 0 amide bonds. The molecule has 0 aromatic rings. The molecule has 0 N–H and O–H groups in total. The fourth-order valence-electron chi connectivity index (χ4n) is 0.267. The number of hydrogen-bond acceptors (Lipinski definition) is 2. The summed E-state index contributed by atoms with van der Waals surface area (Å²) in [5.74, 6) is 1.03. The normalized spacial score (nSPS) is 10.8. The molecule has 0 aromatic heterocycles. The maximum atomic E-state index is 5.05. The summed E-state index contributed by atoms with van der Waals surface area (Å²) in [5, 5.41) is 0. The molecule has 1 nitrogen and oxygen atoms in total. The van der Waals surface area contributed by atoms with Crippen molar-refractivity contribution in [2.24, 2.45) is 0 Å². The smallest absolute Gasteiger partial charge is 0.0795 e. The predicted molar refractivity (Wildman–Crippen MR) is 38.9 cm³/mol. The second-order valence-electron chi connectivity index (χ2n) is 1.26. The molecular weight excluding hydrogens is 120 g/mol. The Labute approximate surface area is 55.3 Å². The van der Waals surface area contributed by atoms with Crippen molar-refractivity contribution in [1.82, 2.24) is 0 Å². The first-order valence-corrected chi connectivity index (χ1v) is 3.68. The average Bonchev–Trinajstić information content (AvgIpc) is 1.81. The second kappa shape index (κ2) is 7.05. The molecule has 2 heteroatoms. The summed E-state index contributed by atoms with van der Waals surface area (Å²) in [5.41, 5.74) is 0. The van der Waals surface area contributed by atoms with Gasteiger partial charge in [-0.15, -0.1) is 0 Å². The number of allylic oxidation sites excluding steroid dienone is 1. The van der Waals surface area contributed by atoms with E-state index in [0.29, 0.717) is 0 Å². The van der Waals surface area contributed by atoms with Gasteiger partial charge in [0.05, 0.1) is 6.61 Å². The molecule has 0 spiro atoms. The van der Waals surface area contributed by atoms with Gasteiger partial charge in [-0.3, -0.25) is 0 Å². The van der Waals surface area contributed by atoms with Crippen LogP contribution in [0.4, 0.5) is 0 Å². The van der Waals surface area contributed by atoms with Crippen molar-refractivity contribution in [1.29, 1.82) is 0 Å². The van der Waals surface area contributed by atoms with Crippen LogP contribution in [0, 0.1) is 0 Å². The van der Waals surface area contributed by atoms with Gasteiger partial charge in [-0.1, -0.05) is 19.1 Å². The molecular formula is C6H12OS. The Morgan fingerprint density at radius 1 is 1.62 bits per heavy atom. The minimum Gasteiger partial charge on any atom is -0.311 e. The highest BCUT2D eigenvalue weighted by atomic mass is 32.2. The van der Waals surface area contributed by atoms with E-state index >= 15 is 0 Å². The molecule has 0 aromatic carbocycles. The molecule has 0 saturated carbocycles. The van der Waals surface area contributed by atoms with Crippen molar-refractivity contribution >= 4 is 12.0 Å². The average molecular weight is 132 g/mol. The van der Waals surface area contributed by atoms with Crippen LogP contribution < -0.4 is 0 Å². The molecule has 0 aliphatic heterocycles. The Morgan fingerprint density at radius 2 is 2.38 bits per heavy atom. The SMILES string of the molecule is CC=CCOSCC. The van der Waals surface area contributed by atoms with Crippen molar-refractivity contribution in [2.75, 3.05) is 12.4 Å². The fraction of sp³-hybridized carbons (Fsp3) is 0.667. The highest BCUT2D eigenvalue weighted by molar-refractivity contribution is 7.94. The van der Waals surface area contributed by atoms with Crippen LogP contribution in [0.2, 0.25) is 0 Å². The maximum absolute atomic E-state index is 5.05. The van der Waals surface area contributed by atoms with E-state index in [9.17, 15) is 0 Å². The third kappa shape index (κ3) is 6.05. The molecule has 8 heavy (non-hydrogen) atoms. The molecule has 0 atom stereocenters.